The standard InChI is InChI=1S/C11H12N2O2/c1-2-3-8-12-13-11(15)9-6-4-5-7-10(9)14/h2-8,14H,1H3,(H,13,15)/b3-2+,12-8-. The Balaban J connectivity index is 2.66. The van der Waals surface area contributed by atoms with E-state index in [-0.39, 0.29) is 11.3 Å². The number of nitrogens with zero attached hydrogens (tertiary/aromatic N) is 1. The van der Waals surface area contributed by atoms with E-state index in [0.29, 0.717) is 0 Å². The molecule has 1 aromatic rings. The minimum Gasteiger partial charge on any atom is -0.507 e. The van der Waals surface area contributed by atoms with E-state index < -0.39 is 5.91 Å². The number of rotatable bonds is 3. The third-order valence-corrected chi connectivity index (χ3v) is 1.67. The molecule has 0 bridgehead atoms. The Kier molecular flexibility index (Phi) is 4.09. The van der Waals surface area contributed by atoms with E-state index in [1.165, 1.54) is 18.3 Å². The number of hydrogen-bond donors (Lipinski definition) is 2. The van der Waals surface area contributed by atoms with Gasteiger partial charge in [-0.1, -0.05) is 18.2 Å². The molecule has 0 fully saturated rings. The smallest absolute Gasteiger partial charge is 0.275 e. The summed E-state index contributed by atoms with van der Waals surface area (Å²) in [4.78, 5) is 11.4. The van der Waals surface area contributed by atoms with Gasteiger partial charge in [0, 0.05) is 6.21 Å². The Morgan fingerprint density at radius 1 is 1.47 bits per heavy atom. The normalized spacial score (nSPS) is 11.0. The first-order valence-corrected chi connectivity index (χ1v) is 4.48. The van der Waals surface area contributed by atoms with E-state index in [1.54, 1.807) is 24.3 Å². The van der Waals surface area contributed by atoms with Gasteiger partial charge in [-0.05, 0) is 25.1 Å². The zero-order valence-corrected chi connectivity index (χ0v) is 8.34. The number of carbonyl (C=O) groups is 1. The van der Waals surface area contributed by atoms with Crippen LogP contribution in [0.3, 0.4) is 0 Å². The van der Waals surface area contributed by atoms with E-state index in [1.807, 2.05) is 6.92 Å². The summed E-state index contributed by atoms with van der Waals surface area (Å²) in [7, 11) is 0. The van der Waals surface area contributed by atoms with Crippen LogP contribution >= 0.6 is 0 Å². The van der Waals surface area contributed by atoms with Gasteiger partial charge in [0.05, 0.1) is 5.56 Å². The maximum Gasteiger partial charge on any atom is 0.275 e. The summed E-state index contributed by atoms with van der Waals surface area (Å²) >= 11 is 0. The number of hydrogen-bond acceptors (Lipinski definition) is 3. The number of para-hydroxylation sites is 1. The van der Waals surface area contributed by atoms with Crippen LogP contribution in [0.5, 0.6) is 5.75 Å². The maximum absolute atomic E-state index is 11.4. The Labute approximate surface area is 87.9 Å². The molecular formula is C11H12N2O2. The molecule has 1 rings (SSSR count). The second-order valence-corrected chi connectivity index (χ2v) is 2.76. The van der Waals surface area contributed by atoms with Crippen LogP contribution in [0.4, 0.5) is 0 Å². The van der Waals surface area contributed by atoms with Crippen LogP contribution in [0.2, 0.25) is 0 Å². The predicted octanol–water partition coefficient (Wildman–Crippen LogP) is 1.68. The number of hydrazone groups is 1. The molecule has 0 spiro atoms. The van der Waals surface area contributed by atoms with Gasteiger partial charge >= 0.3 is 0 Å². The highest BCUT2D eigenvalue weighted by Gasteiger charge is 2.07. The lowest BCUT2D eigenvalue weighted by Gasteiger charge is -2.01. The lowest BCUT2D eigenvalue weighted by molar-refractivity contribution is 0.0952. The molecule has 15 heavy (non-hydrogen) atoms. The lowest BCUT2D eigenvalue weighted by Crippen LogP contribution is -2.17. The minimum atomic E-state index is -0.436. The maximum atomic E-state index is 11.4. The van der Waals surface area contributed by atoms with Crippen molar-refractivity contribution in [2.45, 2.75) is 6.92 Å². The third kappa shape index (κ3) is 3.27. The summed E-state index contributed by atoms with van der Waals surface area (Å²) < 4.78 is 0. The fourth-order valence-electron chi connectivity index (χ4n) is 0.951. The van der Waals surface area contributed by atoms with E-state index in [0.717, 1.165) is 0 Å². The van der Waals surface area contributed by atoms with Crippen molar-refractivity contribution in [2.24, 2.45) is 5.10 Å². The van der Waals surface area contributed by atoms with Crippen LogP contribution in [0.1, 0.15) is 17.3 Å². The number of allylic oxidation sites excluding steroid dienone is 2. The molecule has 0 saturated carbocycles. The van der Waals surface area contributed by atoms with Crippen molar-refractivity contribution in [3.05, 3.63) is 42.0 Å². The van der Waals surface area contributed by atoms with Crippen LogP contribution in [0.15, 0.2) is 41.5 Å². The molecule has 0 aliphatic rings. The monoisotopic (exact) mass is 204 g/mol. The number of amides is 1. The van der Waals surface area contributed by atoms with Crippen molar-refractivity contribution in [2.75, 3.05) is 0 Å². The Bertz CT molecular complexity index is 397. The number of aromatic hydroxyl groups is 1. The molecule has 0 aliphatic heterocycles. The molecule has 2 N–H and O–H groups in total. The van der Waals surface area contributed by atoms with Crippen molar-refractivity contribution in [3.8, 4) is 5.75 Å². The zero-order chi connectivity index (χ0) is 11.1. The van der Waals surface area contributed by atoms with E-state index in [9.17, 15) is 9.90 Å². The van der Waals surface area contributed by atoms with Crippen LogP contribution in [0.25, 0.3) is 0 Å². The van der Waals surface area contributed by atoms with Crippen molar-refractivity contribution < 1.29 is 9.90 Å². The predicted molar refractivity (Wildman–Crippen MR) is 58.9 cm³/mol. The molecule has 1 amide bonds. The van der Waals surface area contributed by atoms with Crippen LogP contribution in [-0.2, 0) is 0 Å². The van der Waals surface area contributed by atoms with E-state index in [2.05, 4.69) is 10.5 Å². The van der Waals surface area contributed by atoms with Gasteiger partial charge in [-0.2, -0.15) is 5.10 Å². The van der Waals surface area contributed by atoms with Gasteiger partial charge in [-0.3, -0.25) is 4.79 Å². The molecule has 0 unspecified atom stereocenters. The summed E-state index contributed by atoms with van der Waals surface area (Å²) in [6.07, 6.45) is 4.93. The molecule has 0 radical (unpaired) electrons. The van der Waals surface area contributed by atoms with Crippen molar-refractivity contribution in [1.29, 1.82) is 0 Å². The minimum absolute atomic E-state index is 0.0590. The fraction of sp³-hybridized carbons (Fsp3) is 0.0909. The quantitative estimate of drug-likeness (QED) is 0.581. The fourth-order valence-corrected chi connectivity index (χ4v) is 0.951. The molecule has 0 aliphatic carbocycles. The van der Waals surface area contributed by atoms with Crippen molar-refractivity contribution in [3.63, 3.8) is 0 Å². The topological polar surface area (TPSA) is 61.7 Å². The first kappa shape index (κ1) is 11.0. The summed E-state index contributed by atoms with van der Waals surface area (Å²) in [5.74, 6) is -0.495. The SMILES string of the molecule is C/C=C/C=N\NC(=O)c1ccccc1O. The van der Waals surface area contributed by atoms with Gasteiger partial charge in [0.1, 0.15) is 5.75 Å². The second kappa shape index (κ2) is 5.59. The average Bonchev–Trinajstić information content (AvgIpc) is 2.25. The molecule has 0 heterocycles. The van der Waals surface area contributed by atoms with Crippen molar-refractivity contribution >= 4 is 12.1 Å². The summed E-state index contributed by atoms with van der Waals surface area (Å²) in [5.41, 5.74) is 2.50. The van der Waals surface area contributed by atoms with Crippen LogP contribution < -0.4 is 5.43 Å². The van der Waals surface area contributed by atoms with E-state index >= 15 is 0 Å². The number of benzene rings is 1. The number of phenolic OH excluding ortho intramolecular Hbond substituents is 1. The first-order chi connectivity index (χ1) is 7.25. The molecule has 4 nitrogen and oxygen atoms in total. The van der Waals surface area contributed by atoms with Gasteiger partial charge < -0.3 is 5.11 Å². The highest BCUT2D eigenvalue weighted by molar-refractivity contribution is 5.97. The molecule has 1 aromatic carbocycles. The number of phenols is 1. The first-order valence-electron chi connectivity index (χ1n) is 4.48. The molecule has 4 heteroatoms. The van der Waals surface area contributed by atoms with Gasteiger partial charge in [-0.15, -0.1) is 0 Å². The lowest BCUT2D eigenvalue weighted by atomic mass is 10.2. The zero-order valence-electron chi connectivity index (χ0n) is 8.34. The van der Waals surface area contributed by atoms with E-state index in [4.69, 9.17) is 0 Å². The molecule has 0 atom stereocenters. The molecule has 78 valence electrons. The van der Waals surface area contributed by atoms with Gasteiger partial charge in [0.15, 0.2) is 0 Å². The summed E-state index contributed by atoms with van der Waals surface area (Å²) in [6, 6.07) is 6.29. The molecule has 0 aromatic heterocycles. The van der Waals surface area contributed by atoms with Gasteiger partial charge in [-0.25, -0.2) is 5.43 Å². The second-order valence-electron chi connectivity index (χ2n) is 2.76. The Morgan fingerprint density at radius 2 is 2.20 bits per heavy atom. The summed E-state index contributed by atoms with van der Waals surface area (Å²) in [5, 5.41) is 13.0. The number of carbonyl (C=O) groups excluding carboxylic acids is 1. The average molecular weight is 204 g/mol. The molecule has 0 saturated heterocycles. The Hall–Kier alpha value is -2.10. The summed E-state index contributed by atoms with van der Waals surface area (Å²) in [6.45, 7) is 1.84. The third-order valence-electron chi connectivity index (χ3n) is 1.67. The largest absolute Gasteiger partial charge is 0.507 e. The molecular weight excluding hydrogens is 192 g/mol. The highest BCUT2D eigenvalue weighted by atomic mass is 16.3. The highest BCUT2D eigenvalue weighted by Crippen LogP contribution is 2.14. The van der Waals surface area contributed by atoms with Crippen molar-refractivity contribution in [1.82, 2.24) is 5.43 Å². The number of nitrogens with one attached hydrogen (secondary N) is 1. The van der Waals surface area contributed by atoms with Crippen LogP contribution in [0, 0.1) is 0 Å². The van der Waals surface area contributed by atoms with Crippen LogP contribution in [-0.4, -0.2) is 17.2 Å². The van der Waals surface area contributed by atoms with Gasteiger partial charge in [0.2, 0.25) is 0 Å². The Morgan fingerprint density at radius 3 is 2.87 bits per heavy atom. The van der Waals surface area contributed by atoms with Gasteiger partial charge in [0.25, 0.3) is 5.91 Å².